The van der Waals surface area contributed by atoms with E-state index in [1.807, 2.05) is 11.3 Å². The molecule has 1 heterocycles. The van der Waals surface area contributed by atoms with E-state index < -0.39 is 0 Å². The molecule has 1 aromatic heterocycles. The van der Waals surface area contributed by atoms with E-state index in [0.29, 0.717) is 11.6 Å². The van der Waals surface area contributed by atoms with Gasteiger partial charge in [-0.15, -0.1) is 11.3 Å². The van der Waals surface area contributed by atoms with Crippen molar-refractivity contribution in [2.24, 2.45) is 5.92 Å². The van der Waals surface area contributed by atoms with Gasteiger partial charge in [-0.1, -0.05) is 32.8 Å². The molecule has 2 nitrogen and oxygen atoms in total. The molecule has 120 valence electrons. The highest BCUT2D eigenvalue weighted by Gasteiger charge is 2.43. The van der Waals surface area contributed by atoms with Crippen LogP contribution in [-0.2, 0) is 6.42 Å². The molecule has 1 aliphatic carbocycles. The molecule has 2 rings (SSSR count). The Morgan fingerprint density at radius 1 is 1.48 bits per heavy atom. The topological polar surface area (TPSA) is 15.3 Å². The van der Waals surface area contributed by atoms with Gasteiger partial charge in [0.05, 0.1) is 0 Å². The van der Waals surface area contributed by atoms with Gasteiger partial charge in [-0.2, -0.15) is 0 Å². The van der Waals surface area contributed by atoms with Crippen molar-refractivity contribution in [3.05, 3.63) is 22.4 Å². The molecular weight excluding hydrogens is 276 g/mol. The van der Waals surface area contributed by atoms with Crippen molar-refractivity contribution in [2.75, 3.05) is 20.6 Å². The van der Waals surface area contributed by atoms with Crippen molar-refractivity contribution in [1.29, 1.82) is 0 Å². The van der Waals surface area contributed by atoms with Crippen molar-refractivity contribution >= 4 is 11.3 Å². The summed E-state index contributed by atoms with van der Waals surface area (Å²) in [5.41, 5.74) is 0.316. The van der Waals surface area contributed by atoms with Gasteiger partial charge in [-0.3, -0.25) is 0 Å². The number of nitrogens with one attached hydrogen (secondary N) is 1. The van der Waals surface area contributed by atoms with Crippen LogP contribution in [0.4, 0.5) is 0 Å². The quantitative estimate of drug-likeness (QED) is 0.813. The molecule has 0 spiro atoms. The maximum Gasteiger partial charge on any atom is 0.0362 e. The van der Waals surface area contributed by atoms with Gasteiger partial charge < -0.3 is 10.2 Å². The Labute approximate surface area is 134 Å². The molecule has 0 aromatic carbocycles. The van der Waals surface area contributed by atoms with Gasteiger partial charge in [0.15, 0.2) is 0 Å². The van der Waals surface area contributed by atoms with Crippen LogP contribution in [0.25, 0.3) is 0 Å². The average molecular weight is 309 g/mol. The van der Waals surface area contributed by atoms with Crippen LogP contribution >= 0.6 is 11.3 Å². The molecular formula is C18H32N2S. The second-order valence-electron chi connectivity index (χ2n) is 6.99. The van der Waals surface area contributed by atoms with E-state index in [-0.39, 0.29) is 0 Å². The molecule has 0 saturated heterocycles. The molecule has 1 fully saturated rings. The van der Waals surface area contributed by atoms with Gasteiger partial charge in [0.25, 0.3) is 0 Å². The Hall–Kier alpha value is -0.380. The Kier molecular flexibility index (Phi) is 6.27. The number of rotatable bonds is 7. The molecule has 3 heteroatoms. The van der Waals surface area contributed by atoms with Crippen LogP contribution < -0.4 is 5.32 Å². The van der Waals surface area contributed by atoms with Gasteiger partial charge in [0, 0.05) is 16.5 Å². The van der Waals surface area contributed by atoms with E-state index in [0.717, 1.165) is 12.5 Å². The average Bonchev–Trinajstić information content (AvgIpc) is 2.96. The van der Waals surface area contributed by atoms with E-state index >= 15 is 0 Å². The van der Waals surface area contributed by atoms with Gasteiger partial charge in [-0.25, -0.2) is 0 Å². The van der Waals surface area contributed by atoms with Crippen molar-refractivity contribution in [1.82, 2.24) is 10.2 Å². The lowest BCUT2D eigenvalue weighted by Gasteiger charge is -2.50. The van der Waals surface area contributed by atoms with Gasteiger partial charge in [-0.05, 0) is 63.7 Å². The second kappa shape index (κ2) is 7.75. The molecule has 0 amide bonds. The summed E-state index contributed by atoms with van der Waals surface area (Å²) in [5, 5.41) is 6.09. The highest BCUT2D eigenvalue weighted by molar-refractivity contribution is 7.09. The lowest BCUT2D eigenvalue weighted by atomic mass is 9.70. The fourth-order valence-electron chi connectivity index (χ4n) is 4.00. The zero-order valence-electron chi connectivity index (χ0n) is 14.2. The fraction of sp³-hybridized carbons (Fsp3) is 0.778. The first kappa shape index (κ1) is 17.0. The molecule has 3 atom stereocenters. The first-order chi connectivity index (χ1) is 10.1. The van der Waals surface area contributed by atoms with E-state index in [9.17, 15) is 0 Å². The molecule has 0 aliphatic heterocycles. The van der Waals surface area contributed by atoms with Crippen LogP contribution in [0.2, 0.25) is 0 Å². The summed E-state index contributed by atoms with van der Waals surface area (Å²) < 4.78 is 0. The Morgan fingerprint density at radius 3 is 2.86 bits per heavy atom. The van der Waals surface area contributed by atoms with E-state index in [2.05, 4.69) is 55.7 Å². The highest BCUT2D eigenvalue weighted by Crippen LogP contribution is 2.39. The molecule has 3 unspecified atom stereocenters. The smallest absolute Gasteiger partial charge is 0.0362 e. The predicted molar refractivity (Wildman–Crippen MR) is 94.2 cm³/mol. The monoisotopic (exact) mass is 308 g/mol. The zero-order valence-corrected chi connectivity index (χ0v) is 15.0. The molecule has 0 bridgehead atoms. The Balaban J connectivity index is 2.21. The van der Waals surface area contributed by atoms with E-state index in [1.165, 1.54) is 43.4 Å². The normalized spacial score (nSPS) is 28.0. The van der Waals surface area contributed by atoms with Crippen LogP contribution in [0, 0.1) is 5.92 Å². The van der Waals surface area contributed by atoms with Crippen LogP contribution in [0.3, 0.4) is 0 Å². The predicted octanol–water partition coefficient (Wildman–Crippen LogP) is 4.17. The minimum Gasteiger partial charge on any atom is -0.312 e. The minimum absolute atomic E-state index is 0.316. The lowest BCUT2D eigenvalue weighted by Crippen LogP contribution is -2.61. The number of nitrogens with zero attached hydrogens (tertiary/aromatic N) is 1. The first-order valence-corrected chi connectivity index (χ1v) is 9.39. The van der Waals surface area contributed by atoms with Crippen LogP contribution in [0.1, 0.15) is 50.8 Å². The summed E-state index contributed by atoms with van der Waals surface area (Å²) in [4.78, 5) is 4.03. The maximum atomic E-state index is 3.89. The Bertz CT molecular complexity index is 401. The van der Waals surface area contributed by atoms with Gasteiger partial charge in [0.1, 0.15) is 0 Å². The molecule has 1 aromatic rings. The van der Waals surface area contributed by atoms with Crippen LogP contribution in [-0.4, -0.2) is 37.1 Å². The molecule has 1 saturated carbocycles. The molecule has 1 aliphatic rings. The Morgan fingerprint density at radius 2 is 2.29 bits per heavy atom. The van der Waals surface area contributed by atoms with Crippen LogP contribution in [0.5, 0.6) is 0 Å². The number of hydrogen-bond acceptors (Lipinski definition) is 3. The minimum atomic E-state index is 0.316. The molecule has 1 N–H and O–H groups in total. The summed E-state index contributed by atoms with van der Waals surface area (Å²) in [6, 6.07) is 5.04. The van der Waals surface area contributed by atoms with Crippen LogP contribution in [0.15, 0.2) is 17.5 Å². The third-order valence-corrected chi connectivity index (χ3v) is 6.07. The number of likely N-dealkylation sites (N-methyl/N-ethyl adjacent to an activating group) is 1. The van der Waals surface area contributed by atoms with Gasteiger partial charge >= 0.3 is 0 Å². The summed E-state index contributed by atoms with van der Waals surface area (Å²) in [7, 11) is 4.57. The third kappa shape index (κ3) is 4.08. The number of thiophene rings is 1. The molecule has 21 heavy (non-hydrogen) atoms. The largest absolute Gasteiger partial charge is 0.312 e. The number of hydrogen-bond donors (Lipinski definition) is 1. The fourth-order valence-corrected chi connectivity index (χ4v) is 4.75. The van der Waals surface area contributed by atoms with E-state index in [1.54, 1.807) is 0 Å². The molecule has 0 radical (unpaired) electrons. The van der Waals surface area contributed by atoms with Crippen molar-refractivity contribution in [3.63, 3.8) is 0 Å². The standard InChI is InChI=1S/C18H32N2S/c1-5-11-19-17(13-16-9-7-12-21-16)18(20(3)4)10-6-8-15(2)14-18/h7,9,12,15,17,19H,5-6,8,10-11,13-14H2,1-4H3. The maximum absolute atomic E-state index is 3.89. The lowest BCUT2D eigenvalue weighted by molar-refractivity contribution is 0.0376. The zero-order chi connectivity index (χ0) is 15.3. The first-order valence-electron chi connectivity index (χ1n) is 8.51. The second-order valence-corrected chi connectivity index (χ2v) is 8.02. The SMILES string of the molecule is CCCNC(Cc1cccs1)C1(N(C)C)CCCC(C)C1. The van der Waals surface area contributed by atoms with E-state index in [4.69, 9.17) is 0 Å². The highest BCUT2D eigenvalue weighted by atomic mass is 32.1. The van der Waals surface area contributed by atoms with Crippen molar-refractivity contribution < 1.29 is 0 Å². The summed E-state index contributed by atoms with van der Waals surface area (Å²) in [6.45, 7) is 5.82. The summed E-state index contributed by atoms with van der Waals surface area (Å²) in [6.07, 6.45) is 7.80. The summed E-state index contributed by atoms with van der Waals surface area (Å²) >= 11 is 1.90. The van der Waals surface area contributed by atoms with Crippen molar-refractivity contribution in [3.8, 4) is 0 Å². The van der Waals surface area contributed by atoms with Crippen molar-refractivity contribution in [2.45, 2.75) is 64.0 Å². The van der Waals surface area contributed by atoms with Gasteiger partial charge in [0.2, 0.25) is 0 Å². The third-order valence-electron chi connectivity index (χ3n) is 5.17. The summed E-state index contributed by atoms with van der Waals surface area (Å²) in [5.74, 6) is 0.843.